The number of carbonyl (C=O) groups is 1. The fourth-order valence-corrected chi connectivity index (χ4v) is 5.70. The van der Waals surface area contributed by atoms with Gasteiger partial charge in [0.05, 0.1) is 25.0 Å². The molecule has 2 saturated heterocycles. The Morgan fingerprint density at radius 1 is 1.31 bits per heavy atom. The van der Waals surface area contributed by atoms with Crippen molar-refractivity contribution in [1.82, 2.24) is 4.90 Å². The summed E-state index contributed by atoms with van der Waals surface area (Å²) in [5, 5.41) is 3.79. The van der Waals surface area contributed by atoms with Crippen LogP contribution < -0.4 is 5.32 Å². The zero-order valence-corrected chi connectivity index (χ0v) is 15.4. The minimum absolute atomic E-state index is 0.140. The summed E-state index contributed by atoms with van der Waals surface area (Å²) in [5.41, 5.74) is 3.46. The molecule has 5 heteroatoms. The minimum atomic E-state index is -0.240. The SMILES string of the molecule is COC(=O)C1=COC(C)C2CN3CCC4c5ccccc5NC4C3CC12. The fraction of sp³-hybridized carbons (Fsp3) is 0.571. The van der Waals surface area contributed by atoms with Crippen molar-refractivity contribution in [1.29, 1.82) is 0 Å². The molecule has 0 radical (unpaired) electrons. The third-order valence-electron chi connectivity index (χ3n) is 7.02. The van der Waals surface area contributed by atoms with Gasteiger partial charge in [0.2, 0.25) is 0 Å². The predicted molar refractivity (Wildman–Crippen MR) is 98.8 cm³/mol. The molecule has 0 bridgehead atoms. The Morgan fingerprint density at radius 2 is 2.15 bits per heavy atom. The highest BCUT2D eigenvalue weighted by Gasteiger charge is 2.51. The molecule has 4 aliphatic rings. The lowest BCUT2D eigenvalue weighted by molar-refractivity contribution is -0.139. The van der Waals surface area contributed by atoms with Crippen LogP contribution in [0.2, 0.25) is 0 Å². The number of benzene rings is 1. The van der Waals surface area contributed by atoms with Gasteiger partial charge in [-0.2, -0.15) is 0 Å². The number of rotatable bonds is 1. The quantitative estimate of drug-likeness (QED) is 0.786. The standard InChI is InChI=1S/C21H26N2O3/c1-12-16-10-23-8-7-14-13-5-3-4-6-18(13)22-20(14)19(23)9-15(16)17(11-26-12)21(24)25-2/h3-6,11-12,14-16,19-20,22H,7-10H2,1-2H3. The van der Waals surface area contributed by atoms with E-state index < -0.39 is 0 Å². The third-order valence-corrected chi connectivity index (χ3v) is 7.02. The van der Waals surface area contributed by atoms with Crippen LogP contribution in [0.25, 0.3) is 0 Å². The zero-order valence-electron chi connectivity index (χ0n) is 15.4. The molecule has 0 saturated carbocycles. The van der Waals surface area contributed by atoms with Gasteiger partial charge in [0.25, 0.3) is 0 Å². The first kappa shape index (κ1) is 16.2. The second kappa shape index (κ2) is 6.02. The van der Waals surface area contributed by atoms with Gasteiger partial charge >= 0.3 is 5.97 Å². The number of esters is 1. The summed E-state index contributed by atoms with van der Waals surface area (Å²) in [5.74, 6) is 0.907. The van der Waals surface area contributed by atoms with Crippen LogP contribution in [0, 0.1) is 11.8 Å². The topological polar surface area (TPSA) is 50.8 Å². The molecule has 6 atom stereocenters. The number of fused-ring (bicyclic) bond motifs is 6. The van der Waals surface area contributed by atoms with E-state index in [0.29, 0.717) is 29.5 Å². The number of anilines is 1. The van der Waals surface area contributed by atoms with Gasteiger partial charge in [0.15, 0.2) is 0 Å². The first-order chi connectivity index (χ1) is 12.7. The molecular weight excluding hydrogens is 328 g/mol. The Kier molecular flexibility index (Phi) is 3.74. The van der Waals surface area contributed by atoms with E-state index in [2.05, 4.69) is 41.4 Å². The molecule has 0 aliphatic carbocycles. The largest absolute Gasteiger partial charge is 0.497 e. The Hall–Kier alpha value is -2.01. The normalized spacial score (nSPS) is 37.8. The smallest absolute Gasteiger partial charge is 0.337 e. The van der Waals surface area contributed by atoms with Crippen molar-refractivity contribution in [3.8, 4) is 0 Å². The molecule has 0 spiro atoms. The highest BCUT2D eigenvalue weighted by molar-refractivity contribution is 5.89. The molecule has 4 heterocycles. The van der Waals surface area contributed by atoms with E-state index >= 15 is 0 Å². The lowest BCUT2D eigenvalue weighted by Gasteiger charge is -2.52. The zero-order chi connectivity index (χ0) is 17.8. The van der Waals surface area contributed by atoms with E-state index in [1.807, 2.05) is 0 Å². The summed E-state index contributed by atoms with van der Waals surface area (Å²) in [6, 6.07) is 9.59. The number of hydrogen-bond donors (Lipinski definition) is 1. The average molecular weight is 354 g/mol. The van der Waals surface area contributed by atoms with Gasteiger partial charge in [0.1, 0.15) is 0 Å². The van der Waals surface area contributed by atoms with Gasteiger partial charge < -0.3 is 14.8 Å². The summed E-state index contributed by atoms with van der Waals surface area (Å²) in [6.07, 6.45) is 3.98. The van der Waals surface area contributed by atoms with Crippen molar-refractivity contribution in [2.24, 2.45) is 11.8 Å². The molecule has 2 fully saturated rings. The van der Waals surface area contributed by atoms with Gasteiger partial charge in [-0.25, -0.2) is 4.79 Å². The maximum Gasteiger partial charge on any atom is 0.337 e. The second-order valence-electron chi connectivity index (χ2n) is 8.13. The number of piperidine rings is 2. The molecule has 0 amide bonds. The molecule has 1 aromatic rings. The maximum absolute atomic E-state index is 12.3. The van der Waals surface area contributed by atoms with Gasteiger partial charge in [-0.1, -0.05) is 18.2 Å². The number of hydrogen-bond acceptors (Lipinski definition) is 5. The van der Waals surface area contributed by atoms with Crippen LogP contribution in [-0.2, 0) is 14.3 Å². The second-order valence-corrected chi connectivity index (χ2v) is 8.13. The van der Waals surface area contributed by atoms with Crippen molar-refractivity contribution >= 4 is 11.7 Å². The Bertz CT molecular complexity index is 761. The van der Waals surface area contributed by atoms with Crippen LogP contribution in [0.4, 0.5) is 5.69 Å². The monoisotopic (exact) mass is 354 g/mol. The summed E-state index contributed by atoms with van der Waals surface area (Å²) in [7, 11) is 1.46. The van der Waals surface area contributed by atoms with Crippen LogP contribution in [0.3, 0.4) is 0 Å². The van der Waals surface area contributed by atoms with Gasteiger partial charge in [-0.05, 0) is 37.9 Å². The summed E-state index contributed by atoms with van der Waals surface area (Å²) in [4.78, 5) is 14.9. The molecule has 26 heavy (non-hydrogen) atoms. The number of nitrogens with one attached hydrogen (secondary N) is 1. The summed E-state index contributed by atoms with van der Waals surface area (Å²) >= 11 is 0. The van der Waals surface area contributed by atoms with Crippen molar-refractivity contribution in [3.63, 3.8) is 0 Å². The number of nitrogens with zero attached hydrogens (tertiary/aromatic N) is 1. The first-order valence-corrected chi connectivity index (χ1v) is 9.70. The summed E-state index contributed by atoms with van der Waals surface area (Å²) < 4.78 is 10.8. The van der Waals surface area contributed by atoms with Crippen LogP contribution in [0.5, 0.6) is 0 Å². The van der Waals surface area contributed by atoms with Crippen LogP contribution in [0.1, 0.15) is 31.2 Å². The van der Waals surface area contributed by atoms with E-state index in [0.717, 1.165) is 19.5 Å². The molecule has 4 aliphatic heterocycles. The van der Waals surface area contributed by atoms with E-state index in [1.54, 1.807) is 6.26 Å². The van der Waals surface area contributed by atoms with Crippen molar-refractivity contribution in [3.05, 3.63) is 41.7 Å². The Labute approximate surface area is 154 Å². The third kappa shape index (κ3) is 2.29. The van der Waals surface area contributed by atoms with Crippen LogP contribution in [0.15, 0.2) is 36.1 Å². The van der Waals surface area contributed by atoms with Gasteiger partial charge in [-0.3, -0.25) is 4.90 Å². The number of methoxy groups -OCH3 is 1. The van der Waals surface area contributed by atoms with E-state index in [-0.39, 0.29) is 18.0 Å². The molecule has 5 rings (SSSR count). The van der Waals surface area contributed by atoms with E-state index in [1.165, 1.54) is 24.8 Å². The fourth-order valence-electron chi connectivity index (χ4n) is 5.70. The van der Waals surface area contributed by atoms with E-state index in [9.17, 15) is 4.79 Å². The predicted octanol–water partition coefficient (Wildman–Crippen LogP) is 2.75. The molecule has 1 aromatic carbocycles. The number of carbonyl (C=O) groups excluding carboxylic acids is 1. The lowest BCUT2D eigenvalue weighted by Crippen LogP contribution is -2.60. The van der Waals surface area contributed by atoms with Crippen LogP contribution in [-0.4, -0.2) is 49.3 Å². The highest BCUT2D eigenvalue weighted by atomic mass is 16.5. The lowest BCUT2D eigenvalue weighted by atomic mass is 9.69. The van der Waals surface area contributed by atoms with Crippen LogP contribution >= 0.6 is 0 Å². The molecule has 6 unspecified atom stereocenters. The molecule has 138 valence electrons. The van der Waals surface area contributed by atoms with Crippen molar-refractivity contribution in [2.45, 2.75) is 43.9 Å². The molecular formula is C21H26N2O3. The van der Waals surface area contributed by atoms with Crippen molar-refractivity contribution < 1.29 is 14.3 Å². The molecule has 1 N–H and O–H groups in total. The Balaban J connectivity index is 1.45. The maximum atomic E-state index is 12.3. The summed E-state index contributed by atoms with van der Waals surface area (Å²) in [6.45, 7) is 4.24. The molecule has 5 nitrogen and oxygen atoms in total. The first-order valence-electron chi connectivity index (χ1n) is 9.70. The van der Waals surface area contributed by atoms with Crippen molar-refractivity contribution in [2.75, 3.05) is 25.5 Å². The number of para-hydroxylation sites is 1. The van der Waals surface area contributed by atoms with Gasteiger partial charge in [0, 0.05) is 42.1 Å². The number of ether oxygens (including phenoxy) is 2. The minimum Gasteiger partial charge on any atom is -0.497 e. The average Bonchev–Trinajstić information content (AvgIpc) is 3.06. The highest BCUT2D eigenvalue weighted by Crippen LogP contribution is 2.48. The Morgan fingerprint density at radius 3 is 3.00 bits per heavy atom. The molecule has 0 aromatic heterocycles. The van der Waals surface area contributed by atoms with Gasteiger partial charge in [-0.15, -0.1) is 0 Å². The van der Waals surface area contributed by atoms with E-state index in [4.69, 9.17) is 9.47 Å².